The number of thiophene rings is 1. The molecule has 2 aromatic heterocycles. The van der Waals surface area contributed by atoms with Crippen molar-refractivity contribution in [3.63, 3.8) is 0 Å². The highest BCUT2D eigenvalue weighted by atomic mass is 32.1. The van der Waals surface area contributed by atoms with Gasteiger partial charge in [-0.3, -0.25) is 14.6 Å². The maximum absolute atomic E-state index is 12.5. The molecule has 23 heavy (non-hydrogen) atoms. The third kappa shape index (κ3) is 2.77. The maximum Gasteiger partial charge on any atom is 0.270 e. The van der Waals surface area contributed by atoms with Crippen LogP contribution in [0, 0.1) is 5.92 Å². The molecule has 5 nitrogen and oxygen atoms in total. The number of aromatic nitrogens is 1. The van der Waals surface area contributed by atoms with Crippen LogP contribution < -0.4 is 5.32 Å². The predicted octanol–water partition coefficient (Wildman–Crippen LogP) is 2.32. The molecule has 3 saturated heterocycles. The van der Waals surface area contributed by atoms with Crippen LogP contribution in [0.3, 0.4) is 0 Å². The zero-order chi connectivity index (χ0) is 16.0. The molecule has 3 aliphatic heterocycles. The van der Waals surface area contributed by atoms with Crippen molar-refractivity contribution in [2.24, 2.45) is 5.92 Å². The fraction of sp³-hybridized carbons (Fsp3) is 0.471. The van der Waals surface area contributed by atoms with Crippen molar-refractivity contribution >= 4 is 33.1 Å². The zero-order valence-corrected chi connectivity index (χ0v) is 13.9. The molecule has 0 unspecified atom stereocenters. The van der Waals surface area contributed by atoms with Gasteiger partial charge < -0.3 is 10.2 Å². The number of fused-ring (bicyclic) bond motifs is 4. The number of ketones is 1. The van der Waals surface area contributed by atoms with Gasteiger partial charge in [0.2, 0.25) is 0 Å². The largest absolute Gasteiger partial charge is 0.346 e. The molecule has 0 saturated carbocycles. The van der Waals surface area contributed by atoms with Crippen LogP contribution in [-0.2, 0) is 0 Å². The van der Waals surface area contributed by atoms with Crippen LogP contribution in [0.1, 0.15) is 39.9 Å². The Morgan fingerprint density at radius 1 is 1.30 bits per heavy atom. The molecular formula is C17H19N3O2S. The van der Waals surface area contributed by atoms with Crippen molar-refractivity contribution in [2.75, 3.05) is 19.6 Å². The second-order valence-corrected chi connectivity index (χ2v) is 7.58. The molecule has 5 rings (SSSR count). The summed E-state index contributed by atoms with van der Waals surface area (Å²) in [5.74, 6) is 0.534. The summed E-state index contributed by atoms with van der Waals surface area (Å²) >= 11 is 1.42. The van der Waals surface area contributed by atoms with E-state index in [4.69, 9.17) is 0 Å². The first-order valence-electron chi connectivity index (χ1n) is 8.04. The van der Waals surface area contributed by atoms with Gasteiger partial charge >= 0.3 is 0 Å². The van der Waals surface area contributed by atoms with E-state index in [1.165, 1.54) is 24.2 Å². The highest BCUT2D eigenvalue weighted by molar-refractivity contribution is 7.20. The Balaban J connectivity index is 1.54. The smallest absolute Gasteiger partial charge is 0.270 e. The van der Waals surface area contributed by atoms with Gasteiger partial charge in [-0.25, -0.2) is 0 Å². The lowest BCUT2D eigenvalue weighted by molar-refractivity contribution is 0.0618. The first kappa shape index (κ1) is 14.8. The van der Waals surface area contributed by atoms with Gasteiger partial charge in [0.25, 0.3) is 5.91 Å². The quantitative estimate of drug-likeness (QED) is 0.878. The molecule has 120 valence electrons. The summed E-state index contributed by atoms with van der Waals surface area (Å²) in [6, 6.07) is 3.87. The number of Topliss-reactive ketones (excluding diaryl/α,β-unsaturated/α-hetero) is 1. The number of hydrogen-bond donors (Lipinski definition) is 1. The van der Waals surface area contributed by atoms with Crippen LogP contribution in [0.4, 0.5) is 0 Å². The van der Waals surface area contributed by atoms with Gasteiger partial charge in [0.1, 0.15) is 5.69 Å². The number of piperidine rings is 3. The monoisotopic (exact) mass is 329 g/mol. The van der Waals surface area contributed by atoms with Gasteiger partial charge in [0.05, 0.1) is 4.88 Å². The summed E-state index contributed by atoms with van der Waals surface area (Å²) in [6.45, 7) is 4.82. The van der Waals surface area contributed by atoms with Crippen LogP contribution in [-0.4, -0.2) is 47.3 Å². The standard InChI is InChI=1S/C17H19N3O2S/c1-10(21)15-6-12-8-18-13(7-16(12)23-15)17(22)19-14-9-20-4-2-11(14)3-5-20/h6-8,11,14H,2-5,9H2,1H3,(H,19,22)/t14-/m0/s1. The fourth-order valence-corrected chi connectivity index (χ4v) is 4.57. The molecule has 5 heterocycles. The van der Waals surface area contributed by atoms with E-state index in [2.05, 4.69) is 15.2 Å². The zero-order valence-electron chi connectivity index (χ0n) is 13.0. The van der Waals surface area contributed by atoms with Crippen molar-refractivity contribution in [3.8, 4) is 0 Å². The van der Waals surface area contributed by atoms with Crippen LogP contribution in [0.15, 0.2) is 18.3 Å². The average molecular weight is 329 g/mol. The van der Waals surface area contributed by atoms with Crippen LogP contribution in [0.25, 0.3) is 10.1 Å². The lowest BCUT2D eigenvalue weighted by Gasteiger charge is -2.44. The minimum atomic E-state index is -0.108. The Morgan fingerprint density at radius 3 is 2.74 bits per heavy atom. The summed E-state index contributed by atoms with van der Waals surface area (Å²) in [5.41, 5.74) is 0.436. The van der Waals surface area contributed by atoms with Crippen molar-refractivity contribution in [3.05, 3.63) is 28.9 Å². The third-order valence-electron chi connectivity index (χ3n) is 4.95. The Hall–Kier alpha value is -1.79. The fourth-order valence-electron chi connectivity index (χ4n) is 3.60. The average Bonchev–Trinajstić information content (AvgIpc) is 2.99. The van der Waals surface area contributed by atoms with Crippen LogP contribution in [0.5, 0.6) is 0 Å². The number of nitrogens with one attached hydrogen (secondary N) is 1. The van der Waals surface area contributed by atoms with Crippen molar-refractivity contribution in [2.45, 2.75) is 25.8 Å². The topological polar surface area (TPSA) is 62.3 Å². The van der Waals surface area contributed by atoms with E-state index in [1.54, 1.807) is 19.2 Å². The molecule has 2 bridgehead atoms. The molecule has 1 amide bonds. The Morgan fingerprint density at radius 2 is 2.09 bits per heavy atom. The maximum atomic E-state index is 12.5. The molecule has 3 fully saturated rings. The van der Waals surface area contributed by atoms with Gasteiger partial charge in [-0.1, -0.05) is 0 Å². The second kappa shape index (κ2) is 5.69. The first-order chi connectivity index (χ1) is 11.1. The van der Waals surface area contributed by atoms with Crippen LogP contribution >= 0.6 is 11.3 Å². The van der Waals surface area contributed by atoms with E-state index in [0.29, 0.717) is 16.5 Å². The summed E-state index contributed by atoms with van der Waals surface area (Å²) in [5, 5.41) is 4.07. The van der Waals surface area contributed by atoms with Gasteiger partial charge in [0, 0.05) is 28.9 Å². The molecular weight excluding hydrogens is 310 g/mol. The van der Waals surface area contributed by atoms with Gasteiger partial charge in [-0.15, -0.1) is 11.3 Å². The highest BCUT2D eigenvalue weighted by Crippen LogP contribution is 2.28. The molecule has 2 aromatic rings. The third-order valence-corrected chi connectivity index (χ3v) is 6.15. The lowest BCUT2D eigenvalue weighted by Crippen LogP contribution is -2.57. The van der Waals surface area contributed by atoms with Crippen molar-refractivity contribution in [1.82, 2.24) is 15.2 Å². The Labute approximate surface area is 138 Å². The normalized spacial score (nSPS) is 26.4. The summed E-state index contributed by atoms with van der Waals surface area (Å²) in [7, 11) is 0. The molecule has 0 radical (unpaired) electrons. The molecule has 1 N–H and O–H groups in total. The van der Waals surface area contributed by atoms with Crippen molar-refractivity contribution in [1.29, 1.82) is 0 Å². The first-order valence-corrected chi connectivity index (χ1v) is 8.85. The molecule has 0 aromatic carbocycles. The molecule has 3 aliphatic rings. The summed E-state index contributed by atoms with van der Waals surface area (Å²) < 4.78 is 0.935. The number of carbonyl (C=O) groups is 2. The van der Waals surface area contributed by atoms with E-state index in [-0.39, 0.29) is 17.7 Å². The van der Waals surface area contributed by atoms with E-state index < -0.39 is 0 Å². The number of pyridine rings is 1. The van der Waals surface area contributed by atoms with E-state index in [9.17, 15) is 9.59 Å². The van der Waals surface area contributed by atoms with E-state index >= 15 is 0 Å². The number of amides is 1. The SMILES string of the molecule is CC(=O)c1cc2cnc(C(=O)N[C@H]3CN4CCC3CC4)cc2s1. The van der Waals surface area contributed by atoms with Crippen LogP contribution in [0.2, 0.25) is 0 Å². The predicted molar refractivity (Wildman–Crippen MR) is 90.0 cm³/mol. The summed E-state index contributed by atoms with van der Waals surface area (Å²) in [4.78, 5) is 31.4. The van der Waals surface area contributed by atoms with E-state index in [0.717, 1.165) is 29.7 Å². The minimum Gasteiger partial charge on any atom is -0.346 e. The second-order valence-electron chi connectivity index (χ2n) is 6.49. The lowest BCUT2D eigenvalue weighted by atomic mass is 9.84. The van der Waals surface area contributed by atoms with Crippen molar-refractivity contribution < 1.29 is 9.59 Å². The Bertz CT molecular complexity index is 777. The number of nitrogens with zero attached hydrogens (tertiary/aromatic N) is 2. The minimum absolute atomic E-state index is 0.0458. The Kier molecular flexibility index (Phi) is 3.66. The number of rotatable bonds is 3. The van der Waals surface area contributed by atoms with Gasteiger partial charge in [-0.05, 0) is 50.9 Å². The molecule has 1 atom stereocenters. The van der Waals surface area contributed by atoms with Gasteiger partial charge in [-0.2, -0.15) is 0 Å². The highest BCUT2D eigenvalue weighted by Gasteiger charge is 2.35. The number of hydrogen-bond acceptors (Lipinski definition) is 5. The van der Waals surface area contributed by atoms with Gasteiger partial charge in [0.15, 0.2) is 5.78 Å². The summed E-state index contributed by atoms with van der Waals surface area (Å²) in [6.07, 6.45) is 4.03. The van der Waals surface area contributed by atoms with E-state index in [1.807, 2.05) is 6.07 Å². The molecule has 0 aliphatic carbocycles. The molecule has 6 heteroatoms. The number of carbonyl (C=O) groups excluding carboxylic acids is 2. The molecule has 0 spiro atoms.